The maximum absolute atomic E-state index is 13.8. The number of aromatic amines is 1. The fourth-order valence-corrected chi connectivity index (χ4v) is 5.21. The van der Waals surface area contributed by atoms with Gasteiger partial charge in [0.15, 0.2) is 6.23 Å². The molecule has 0 bridgehead atoms. The highest BCUT2D eigenvalue weighted by Gasteiger charge is 2.54. The lowest BCUT2D eigenvalue weighted by molar-refractivity contribution is -0.141. The fraction of sp³-hybridized carbons (Fsp3) is 0.375. The summed E-state index contributed by atoms with van der Waals surface area (Å²) in [5, 5.41) is 25.6. The van der Waals surface area contributed by atoms with Crippen LogP contribution in [-0.4, -0.2) is 63.3 Å². The molecule has 1 aliphatic heterocycles. The molecular weight excluding hydrogens is 521 g/mol. The molecule has 0 radical (unpaired) electrons. The molecule has 14 heteroatoms. The molecule has 4 rings (SSSR count). The van der Waals surface area contributed by atoms with Gasteiger partial charge in [-0.1, -0.05) is 36.4 Å². The van der Waals surface area contributed by atoms with Crippen molar-refractivity contribution in [3.63, 3.8) is 0 Å². The van der Waals surface area contributed by atoms with E-state index in [0.29, 0.717) is 9.95 Å². The Bertz CT molecular complexity index is 1570. The van der Waals surface area contributed by atoms with Crippen molar-refractivity contribution in [2.24, 2.45) is 0 Å². The minimum absolute atomic E-state index is 0.0799. The third kappa shape index (κ3) is 5.88. The standard InChI is InChI=1S/C24H28N3O10P/c1-3-34-20(29)13-25-38(33,37-17-10-6-8-15-7-4-5-9-16(15)17)35-14-18-21(30)24(2,32)22(36-18)27-12-11-19(28)26-23(27)31/h4-12,18,21-22,30,32H,3,13-14H2,1-2H3,(H,25,33)(H,26,28,31)/t18-,21-,22-,24-,38?/m1/s1/i11D,12D. The van der Waals surface area contributed by atoms with Gasteiger partial charge >= 0.3 is 19.4 Å². The van der Waals surface area contributed by atoms with Crippen LogP contribution in [0.15, 0.2) is 64.3 Å². The minimum Gasteiger partial charge on any atom is -0.465 e. The van der Waals surface area contributed by atoms with Gasteiger partial charge in [0.2, 0.25) is 0 Å². The third-order valence-corrected chi connectivity index (χ3v) is 7.29. The Morgan fingerprint density at radius 3 is 2.79 bits per heavy atom. The number of nitrogens with zero attached hydrogens (tertiary/aromatic N) is 1. The summed E-state index contributed by atoms with van der Waals surface area (Å²) in [6, 6.07) is 11.3. The van der Waals surface area contributed by atoms with Crippen LogP contribution in [0, 0.1) is 0 Å². The first-order valence-electron chi connectivity index (χ1n) is 12.6. The highest BCUT2D eigenvalue weighted by molar-refractivity contribution is 7.52. The minimum atomic E-state index is -4.38. The molecule has 5 atom stereocenters. The van der Waals surface area contributed by atoms with E-state index in [4.69, 9.17) is 21.3 Å². The molecule has 1 aromatic heterocycles. The Balaban J connectivity index is 1.60. The van der Waals surface area contributed by atoms with Crippen LogP contribution in [0.2, 0.25) is 0 Å². The zero-order valence-electron chi connectivity index (χ0n) is 22.4. The lowest BCUT2D eigenvalue weighted by Gasteiger charge is -2.27. The summed E-state index contributed by atoms with van der Waals surface area (Å²) >= 11 is 0. The van der Waals surface area contributed by atoms with Crippen LogP contribution in [-0.2, 0) is 23.4 Å². The van der Waals surface area contributed by atoms with Crippen molar-refractivity contribution in [3.8, 4) is 5.75 Å². The van der Waals surface area contributed by atoms with E-state index in [1.54, 1.807) is 31.2 Å². The summed E-state index contributed by atoms with van der Waals surface area (Å²) in [5.74, 6) is -0.572. The van der Waals surface area contributed by atoms with Gasteiger partial charge in [-0.25, -0.2) is 14.4 Å². The van der Waals surface area contributed by atoms with Crippen molar-refractivity contribution in [1.29, 1.82) is 0 Å². The molecule has 204 valence electrons. The van der Waals surface area contributed by atoms with Gasteiger partial charge in [-0.05, 0) is 25.3 Å². The maximum atomic E-state index is 13.8. The molecule has 38 heavy (non-hydrogen) atoms. The van der Waals surface area contributed by atoms with E-state index in [0.717, 1.165) is 12.3 Å². The van der Waals surface area contributed by atoms with E-state index in [1.807, 2.05) is 23.2 Å². The quantitative estimate of drug-likeness (QED) is 0.209. The summed E-state index contributed by atoms with van der Waals surface area (Å²) < 4.78 is 51.8. The van der Waals surface area contributed by atoms with Crippen molar-refractivity contribution < 1.29 is 40.8 Å². The molecule has 3 aromatic rings. The van der Waals surface area contributed by atoms with E-state index in [1.165, 1.54) is 0 Å². The zero-order valence-corrected chi connectivity index (χ0v) is 21.3. The predicted octanol–water partition coefficient (Wildman–Crippen LogP) is 1.06. The summed E-state index contributed by atoms with van der Waals surface area (Å²) in [6.07, 6.45) is -5.75. The average molecular weight is 551 g/mol. The second-order valence-corrected chi connectivity index (χ2v) is 10.3. The number of H-pyrrole nitrogens is 1. The van der Waals surface area contributed by atoms with E-state index in [2.05, 4.69) is 5.09 Å². The van der Waals surface area contributed by atoms with Gasteiger partial charge in [0, 0.05) is 17.6 Å². The van der Waals surface area contributed by atoms with Gasteiger partial charge in [-0.2, -0.15) is 0 Å². The molecule has 2 aromatic carbocycles. The molecule has 0 amide bonds. The number of ether oxygens (including phenoxy) is 2. The second kappa shape index (κ2) is 11.2. The molecule has 13 nitrogen and oxygen atoms in total. The van der Waals surface area contributed by atoms with Crippen LogP contribution in [0.1, 0.15) is 22.8 Å². The first-order chi connectivity index (χ1) is 18.9. The number of esters is 1. The molecule has 1 fully saturated rings. The number of aliphatic hydroxyl groups excluding tert-OH is 1. The molecule has 0 saturated carbocycles. The number of aromatic nitrogens is 2. The van der Waals surface area contributed by atoms with Crippen LogP contribution < -0.4 is 20.9 Å². The van der Waals surface area contributed by atoms with Crippen LogP contribution in [0.4, 0.5) is 0 Å². The summed E-state index contributed by atoms with van der Waals surface area (Å²) in [5.41, 5.74) is -4.47. The Morgan fingerprint density at radius 2 is 2.03 bits per heavy atom. The number of nitrogens with one attached hydrogen (secondary N) is 2. The Hall–Kier alpha value is -3.32. The van der Waals surface area contributed by atoms with E-state index in [-0.39, 0.29) is 12.4 Å². The highest BCUT2D eigenvalue weighted by atomic mass is 31.2. The molecule has 1 saturated heterocycles. The average Bonchev–Trinajstić information content (AvgIpc) is 3.13. The van der Waals surface area contributed by atoms with Crippen molar-refractivity contribution in [1.82, 2.24) is 14.6 Å². The topological polar surface area (TPSA) is 178 Å². The highest BCUT2D eigenvalue weighted by Crippen LogP contribution is 2.47. The number of fused-ring (bicyclic) bond motifs is 1. The first-order valence-corrected chi connectivity index (χ1v) is 13.1. The Kier molecular flexibility index (Phi) is 7.36. The number of benzene rings is 2. The lowest BCUT2D eigenvalue weighted by atomic mass is 9.96. The monoisotopic (exact) mass is 551 g/mol. The number of rotatable bonds is 10. The van der Waals surface area contributed by atoms with E-state index in [9.17, 15) is 29.2 Å². The summed E-state index contributed by atoms with van der Waals surface area (Å²) in [6.45, 7) is 1.57. The largest absolute Gasteiger partial charge is 0.465 e. The van der Waals surface area contributed by atoms with E-state index < -0.39 is 74.4 Å². The van der Waals surface area contributed by atoms with Gasteiger partial charge in [-0.3, -0.25) is 23.7 Å². The number of carbonyl (C=O) groups excluding carboxylic acids is 1. The number of carbonyl (C=O) groups is 1. The first kappa shape index (κ1) is 25.0. The van der Waals surface area contributed by atoms with Gasteiger partial charge in [0.05, 0.1) is 16.0 Å². The zero-order chi connectivity index (χ0) is 29.2. The number of aliphatic hydroxyl groups is 2. The van der Waals surface area contributed by atoms with Crippen molar-refractivity contribution in [3.05, 3.63) is 75.5 Å². The molecule has 0 spiro atoms. The normalized spacial score (nSPS) is 25.4. The van der Waals surface area contributed by atoms with Crippen LogP contribution in [0.25, 0.3) is 10.8 Å². The molecule has 1 unspecified atom stereocenters. The lowest BCUT2D eigenvalue weighted by Crippen LogP contribution is -2.46. The smallest absolute Gasteiger partial charge is 0.459 e. The van der Waals surface area contributed by atoms with Crippen molar-refractivity contribution >= 4 is 24.5 Å². The second-order valence-electron chi connectivity index (χ2n) is 8.57. The Labute approximate surface area is 219 Å². The fourth-order valence-electron chi connectivity index (χ4n) is 3.92. The van der Waals surface area contributed by atoms with Gasteiger partial charge in [-0.15, -0.1) is 0 Å². The van der Waals surface area contributed by atoms with Gasteiger partial charge in [0.1, 0.15) is 30.1 Å². The van der Waals surface area contributed by atoms with Crippen molar-refractivity contribution in [2.75, 3.05) is 19.8 Å². The SMILES string of the molecule is [2H]c1c([2H])n([C@@H]2O[C@H](COP(=O)(NCC(=O)OCC)Oc3cccc4ccccc34)[C@@H](O)[C@@]2(C)O)c(=O)[nH]c1=O. The molecular formula is C24H28N3O10P. The van der Waals surface area contributed by atoms with Crippen LogP contribution in [0.5, 0.6) is 5.75 Å². The maximum Gasteiger partial charge on any atom is 0.459 e. The van der Waals surface area contributed by atoms with Crippen LogP contribution >= 0.6 is 7.75 Å². The molecule has 0 aliphatic carbocycles. The molecule has 1 aliphatic rings. The van der Waals surface area contributed by atoms with E-state index >= 15 is 0 Å². The summed E-state index contributed by atoms with van der Waals surface area (Å²) in [4.78, 5) is 37.9. The number of hydrogen-bond donors (Lipinski definition) is 4. The molecule has 4 N–H and O–H groups in total. The van der Waals surface area contributed by atoms with Crippen molar-refractivity contribution in [2.45, 2.75) is 37.9 Å². The number of hydrogen-bond acceptors (Lipinski definition) is 10. The third-order valence-electron chi connectivity index (χ3n) is 5.82. The predicted molar refractivity (Wildman–Crippen MR) is 135 cm³/mol. The van der Waals surface area contributed by atoms with Crippen LogP contribution in [0.3, 0.4) is 0 Å². The molecule has 2 heterocycles. The van der Waals surface area contributed by atoms with Gasteiger partial charge < -0.3 is 24.2 Å². The summed E-state index contributed by atoms with van der Waals surface area (Å²) in [7, 11) is -4.38. The van der Waals surface area contributed by atoms with Gasteiger partial charge in [0.25, 0.3) is 5.56 Å². The Morgan fingerprint density at radius 1 is 1.29 bits per heavy atom.